The molecule has 2 heterocycles. The largest absolute Gasteiger partial charge is 0.407 e. The summed E-state index contributed by atoms with van der Waals surface area (Å²) in [7, 11) is 1.87. The highest BCUT2D eigenvalue weighted by atomic mass is 16.4. The maximum atomic E-state index is 5.69. The van der Waals surface area contributed by atoms with Gasteiger partial charge in [-0.15, -0.1) is 5.10 Å². The van der Waals surface area contributed by atoms with E-state index in [1.807, 2.05) is 7.05 Å². The van der Waals surface area contributed by atoms with Gasteiger partial charge < -0.3 is 14.6 Å². The Bertz CT molecular complexity index is 540. The molecule has 5 heteroatoms. The summed E-state index contributed by atoms with van der Waals surface area (Å²) in [5.41, 5.74) is 1.40. The SMILES string of the molecule is CNCc1nnc(N2CCCC(c3ccccc3)C2)o1. The van der Waals surface area contributed by atoms with Crippen LogP contribution in [-0.4, -0.2) is 30.3 Å². The van der Waals surface area contributed by atoms with E-state index in [0.29, 0.717) is 24.4 Å². The number of piperidine rings is 1. The molecular formula is C15H20N4O. The second kappa shape index (κ2) is 6.05. The minimum atomic E-state index is 0.546. The Hall–Kier alpha value is -1.88. The summed E-state index contributed by atoms with van der Waals surface area (Å²) in [6.45, 7) is 2.55. The van der Waals surface area contributed by atoms with E-state index in [0.717, 1.165) is 19.5 Å². The molecule has 1 saturated heterocycles. The predicted octanol–water partition coefficient (Wildman–Crippen LogP) is 2.17. The second-order valence-corrected chi connectivity index (χ2v) is 5.20. The monoisotopic (exact) mass is 272 g/mol. The minimum Gasteiger partial charge on any atom is -0.407 e. The summed E-state index contributed by atoms with van der Waals surface area (Å²) in [5, 5.41) is 11.2. The van der Waals surface area contributed by atoms with E-state index in [4.69, 9.17) is 4.42 Å². The molecule has 1 aromatic carbocycles. The predicted molar refractivity (Wildman–Crippen MR) is 77.7 cm³/mol. The van der Waals surface area contributed by atoms with Crippen molar-refractivity contribution in [1.29, 1.82) is 0 Å². The molecule has 0 saturated carbocycles. The van der Waals surface area contributed by atoms with Crippen LogP contribution in [0.15, 0.2) is 34.7 Å². The highest BCUT2D eigenvalue weighted by molar-refractivity contribution is 5.30. The molecule has 0 radical (unpaired) electrons. The number of nitrogens with one attached hydrogen (secondary N) is 1. The zero-order valence-corrected chi connectivity index (χ0v) is 11.7. The normalized spacial score (nSPS) is 19.2. The number of anilines is 1. The Morgan fingerprint density at radius 2 is 2.15 bits per heavy atom. The molecular weight excluding hydrogens is 252 g/mol. The molecule has 5 nitrogen and oxygen atoms in total. The van der Waals surface area contributed by atoms with Gasteiger partial charge in [0.2, 0.25) is 5.89 Å². The number of benzene rings is 1. The van der Waals surface area contributed by atoms with Gasteiger partial charge in [-0.25, -0.2) is 0 Å². The number of aromatic nitrogens is 2. The van der Waals surface area contributed by atoms with Crippen molar-refractivity contribution < 1.29 is 4.42 Å². The average Bonchev–Trinajstić information content (AvgIpc) is 2.97. The molecule has 0 spiro atoms. The Morgan fingerprint density at radius 3 is 2.95 bits per heavy atom. The van der Waals surface area contributed by atoms with E-state index >= 15 is 0 Å². The maximum absolute atomic E-state index is 5.69. The highest BCUT2D eigenvalue weighted by Crippen LogP contribution is 2.29. The van der Waals surface area contributed by atoms with Gasteiger partial charge in [0.05, 0.1) is 6.54 Å². The summed E-state index contributed by atoms with van der Waals surface area (Å²) in [5.74, 6) is 1.19. The van der Waals surface area contributed by atoms with Crippen molar-refractivity contribution in [3.05, 3.63) is 41.8 Å². The fourth-order valence-electron chi connectivity index (χ4n) is 2.74. The van der Waals surface area contributed by atoms with Crippen molar-refractivity contribution in [3.63, 3.8) is 0 Å². The van der Waals surface area contributed by atoms with Crippen molar-refractivity contribution in [1.82, 2.24) is 15.5 Å². The standard InChI is InChI=1S/C15H20N4O/c1-16-10-14-17-18-15(20-14)19-9-5-8-13(11-19)12-6-3-2-4-7-12/h2-4,6-7,13,16H,5,8-11H2,1H3. The first-order valence-corrected chi connectivity index (χ1v) is 7.13. The van der Waals surface area contributed by atoms with E-state index in [1.165, 1.54) is 12.0 Å². The fourth-order valence-corrected chi connectivity index (χ4v) is 2.74. The lowest BCUT2D eigenvalue weighted by Crippen LogP contribution is -2.34. The molecule has 1 fully saturated rings. The minimum absolute atomic E-state index is 0.546. The van der Waals surface area contributed by atoms with Gasteiger partial charge in [-0.1, -0.05) is 35.4 Å². The number of rotatable bonds is 4. The molecule has 1 aromatic heterocycles. The van der Waals surface area contributed by atoms with Gasteiger partial charge in [-0.3, -0.25) is 0 Å². The Balaban J connectivity index is 1.71. The third kappa shape index (κ3) is 2.82. The van der Waals surface area contributed by atoms with Gasteiger partial charge in [0.1, 0.15) is 0 Å². The van der Waals surface area contributed by atoms with Crippen LogP contribution in [0.3, 0.4) is 0 Å². The van der Waals surface area contributed by atoms with Gasteiger partial charge >= 0.3 is 6.01 Å². The molecule has 1 unspecified atom stereocenters. The van der Waals surface area contributed by atoms with Gasteiger partial charge in [0, 0.05) is 19.0 Å². The smallest absolute Gasteiger partial charge is 0.318 e. The maximum Gasteiger partial charge on any atom is 0.318 e. The number of hydrogen-bond acceptors (Lipinski definition) is 5. The molecule has 1 aliphatic rings. The molecule has 1 N–H and O–H groups in total. The van der Waals surface area contributed by atoms with Gasteiger partial charge in [0.25, 0.3) is 0 Å². The molecule has 0 bridgehead atoms. The lowest BCUT2D eigenvalue weighted by molar-refractivity contribution is 0.435. The first-order chi connectivity index (χ1) is 9.86. The van der Waals surface area contributed by atoms with Crippen LogP contribution in [-0.2, 0) is 6.54 Å². The van der Waals surface area contributed by atoms with E-state index in [1.54, 1.807) is 0 Å². The summed E-state index contributed by atoms with van der Waals surface area (Å²) in [4.78, 5) is 2.20. The average molecular weight is 272 g/mol. The van der Waals surface area contributed by atoms with Crippen LogP contribution in [0.1, 0.15) is 30.2 Å². The van der Waals surface area contributed by atoms with Gasteiger partial charge in [0.15, 0.2) is 0 Å². The third-order valence-corrected chi connectivity index (χ3v) is 3.75. The number of hydrogen-bond donors (Lipinski definition) is 1. The van der Waals surface area contributed by atoms with Crippen LogP contribution in [0.4, 0.5) is 6.01 Å². The van der Waals surface area contributed by atoms with E-state index in [2.05, 4.69) is 50.7 Å². The summed E-state index contributed by atoms with van der Waals surface area (Å²) in [6, 6.07) is 11.3. The summed E-state index contributed by atoms with van der Waals surface area (Å²) >= 11 is 0. The Morgan fingerprint density at radius 1 is 1.30 bits per heavy atom. The quantitative estimate of drug-likeness (QED) is 0.924. The van der Waals surface area contributed by atoms with E-state index in [-0.39, 0.29) is 0 Å². The lowest BCUT2D eigenvalue weighted by atomic mass is 9.91. The van der Waals surface area contributed by atoms with Crippen LogP contribution < -0.4 is 10.2 Å². The zero-order valence-electron chi connectivity index (χ0n) is 11.7. The van der Waals surface area contributed by atoms with Crippen molar-refractivity contribution in [2.75, 3.05) is 25.0 Å². The molecule has 1 atom stereocenters. The number of nitrogens with zero attached hydrogens (tertiary/aromatic N) is 3. The zero-order chi connectivity index (χ0) is 13.8. The third-order valence-electron chi connectivity index (χ3n) is 3.75. The summed E-state index contributed by atoms with van der Waals surface area (Å²) < 4.78 is 5.69. The molecule has 1 aliphatic heterocycles. The molecule has 3 rings (SSSR count). The lowest BCUT2D eigenvalue weighted by Gasteiger charge is -2.31. The van der Waals surface area contributed by atoms with Gasteiger partial charge in [-0.2, -0.15) is 0 Å². The molecule has 2 aromatic rings. The van der Waals surface area contributed by atoms with Crippen molar-refractivity contribution in [3.8, 4) is 0 Å². The highest BCUT2D eigenvalue weighted by Gasteiger charge is 2.24. The molecule has 106 valence electrons. The Labute approximate surface area is 119 Å². The van der Waals surface area contributed by atoms with Crippen LogP contribution in [0.25, 0.3) is 0 Å². The Kier molecular flexibility index (Phi) is 3.97. The van der Waals surface area contributed by atoms with Crippen LogP contribution >= 0.6 is 0 Å². The molecule has 20 heavy (non-hydrogen) atoms. The first kappa shape index (κ1) is 13.1. The van der Waals surface area contributed by atoms with E-state index < -0.39 is 0 Å². The van der Waals surface area contributed by atoms with Crippen molar-refractivity contribution in [2.45, 2.75) is 25.3 Å². The van der Waals surface area contributed by atoms with Crippen LogP contribution in [0.2, 0.25) is 0 Å². The van der Waals surface area contributed by atoms with Crippen LogP contribution in [0, 0.1) is 0 Å². The molecule has 0 amide bonds. The topological polar surface area (TPSA) is 54.2 Å². The van der Waals surface area contributed by atoms with Crippen molar-refractivity contribution >= 4 is 6.01 Å². The van der Waals surface area contributed by atoms with E-state index in [9.17, 15) is 0 Å². The fraction of sp³-hybridized carbons (Fsp3) is 0.467. The second-order valence-electron chi connectivity index (χ2n) is 5.20. The van der Waals surface area contributed by atoms with Crippen LogP contribution in [0.5, 0.6) is 0 Å². The van der Waals surface area contributed by atoms with Crippen molar-refractivity contribution in [2.24, 2.45) is 0 Å². The molecule has 0 aliphatic carbocycles. The summed E-state index contributed by atoms with van der Waals surface area (Å²) in [6.07, 6.45) is 2.38. The van der Waals surface area contributed by atoms with Gasteiger partial charge in [-0.05, 0) is 25.5 Å². The first-order valence-electron chi connectivity index (χ1n) is 7.13.